The summed E-state index contributed by atoms with van der Waals surface area (Å²) in [5, 5.41) is 18.2. The predicted octanol–water partition coefficient (Wildman–Crippen LogP) is -0.250. The van der Waals surface area contributed by atoms with Gasteiger partial charge in [0, 0.05) is 6.61 Å². The van der Waals surface area contributed by atoms with Gasteiger partial charge in [-0.1, -0.05) is 0 Å². The van der Waals surface area contributed by atoms with E-state index >= 15 is 0 Å². The molecule has 5 nitrogen and oxygen atoms in total. The monoisotopic (exact) mass is 248 g/mol. The van der Waals surface area contributed by atoms with Gasteiger partial charge < -0.3 is 10.2 Å². The maximum absolute atomic E-state index is 11.6. The second-order valence-electron chi connectivity index (χ2n) is 4.95. The van der Waals surface area contributed by atoms with Gasteiger partial charge in [-0.25, -0.2) is 8.42 Å². The van der Waals surface area contributed by atoms with Crippen molar-refractivity contribution in [2.75, 3.05) is 18.1 Å². The van der Waals surface area contributed by atoms with Gasteiger partial charge in [0.15, 0.2) is 9.84 Å². The number of carboxylic acid groups (broad SMARTS) is 1. The molecule has 2 fully saturated rings. The minimum atomic E-state index is -3.04. The first-order valence-electron chi connectivity index (χ1n) is 5.47. The Bertz CT molecular complexity index is 366. The molecule has 1 saturated carbocycles. The van der Waals surface area contributed by atoms with Gasteiger partial charge in [0.05, 0.1) is 17.4 Å². The standard InChI is InChI=1S/C10H16O5S/c11-3-9-7-1-6(10(12)13)2-8(9)5-16(14,15)4-7/h6-9,11H,1-5H2,(H,12,13). The fourth-order valence-electron chi connectivity index (χ4n) is 3.17. The van der Waals surface area contributed by atoms with E-state index in [2.05, 4.69) is 0 Å². The molecule has 0 aromatic heterocycles. The molecule has 2 N–H and O–H groups in total. The van der Waals surface area contributed by atoms with Crippen LogP contribution in [0.1, 0.15) is 12.8 Å². The molecular formula is C10H16O5S. The van der Waals surface area contributed by atoms with Crippen LogP contribution in [0.5, 0.6) is 0 Å². The van der Waals surface area contributed by atoms with Crippen LogP contribution in [0.4, 0.5) is 0 Å². The fraction of sp³-hybridized carbons (Fsp3) is 0.900. The molecule has 1 heterocycles. The zero-order valence-corrected chi connectivity index (χ0v) is 9.69. The van der Waals surface area contributed by atoms with E-state index in [-0.39, 0.29) is 35.9 Å². The molecule has 2 rings (SSSR count). The van der Waals surface area contributed by atoms with Gasteiger partial charge in [-0.3, -0.25) is 4.79 Å². The van der Waals surface area contributed by atoms with Crippen LogP contribution in [-0.4, -0.2) is 42.7 Å². The second-order valence-corrected chi connectivity index (χ2v) is 7.10. The Morgan fingerprint density at radius 2 is 1.69 bits per heavy atom. The molecule has 16 heavy (non-hydrogen) atoms. The average molecular weight is 248 g/mol. The molecule has 6 heteroatoms. The summed E-state index contributed by atoms with van der Waals surface area (Å²) in [5.74, 6) is -1.58. The van der Waals surface area contributed by atoms with E-state index in [0.717, 1.165) is 0 Å². The zero-order valence-electron chi connectivity index (χ0n) is 8.87. The lowest BCUT2D eigenvalue weighted by atomic mass is 9.69. The van der Waals surface area contributed by atoms with E-state index in [1.165, 1.54) is 0 Å². The van der Waals surface area contributed by atoms with E-state index in [0.29, 0.717) is 12.8 Å². The first-order valence-corrected chi connectivity index (χ1v) is 7.29. The normalized spacial score (nSPS) is 41.6. The number of hydrogen-bond acceptors (Lipinski definition) is 4. The Morgan fingerprint density at radius 3 is 2.06 bits per heavy atom. The summed E-state index contributed by atoms with van der Waals surface area (Å²) in [7, 11) is -3.04. The van der Waals surface area contributed by atoms with Crippen molar-refractivity contribution in [3.63, 3.8) is 0 Å². The van der Waals surface area contributed by atoms with Crippen LogP contribution in [0.15, 0.2) is 0 Å². The van der Waals surface area contributed by atoms with Gasteiger partial charge in [0.1, 0.15) is 0 Å². The minimum Gasteiger partial charge on any atom is -0.481 e. The largest absolute Gasteiger partial charge is 0.481 e. The highest BCUT2D eigenvalue weighted by molar-refractivity contribution is 7.91. The number of carbonyl (C=O) groups is 1. The Morgan fingerprint density at radius 1 is 1.19 bits per heavy atom. The van der Waals surface area contributed by atoms with Crippen molar-refractivity contribution in [2.45, 2.75) is 12.8 Å². The molecule has 1 aliphatic carbocycles. The summed E-state index contributed by atoms with van der Waals surface area (Å²) in [6, 6.07) is 0. The number of fused-ring (bicyclic) bond motifs is 2. The fourth-order valence-corrected chi connectivity index (χ4v) is 5.37. The Balaban J connectivity index is 2.22. The van der Waals surface area contributed by atoms with E-state index < -0.39 is 21.7 Å². The SMILES string of the molecule is O=C(O)C1CC2CS(=O)(=O)CC(C1)C2CO. The van der Waals surface area contributed by atoms with E-state index in [4.69, 9.17) is 5.11 Å². The molecule has 2 unspecified atom stereocenters. The zero-order chi connectivity index (χ0) is 11.9. The van der Waals surface area contributed by atoms with Crippen molar-refractivity contribution in [3.05, 3.63) is 0 Å². The number of hydrogen-bond donors (Lipinski definition) is 2. The summed E-state index contributed by atoms with van der Waals surface area (Å²) < 4.78 is 23.1. The maximum Gasteiger partial charge on any atom is 0.306 e. The molecule has 92 valence electrons. The molecule has 2 aliphatic rings. The van der Waals surface area contributed by atoms with Gasteiger partial charge >= 0.3 is 5.97 Å². The number of sulfone groups is 1. The highest BCUT2D eigenvalue weighted by Gasteiger charge is 2.46. The molecule has 0 aromatic rings. The molecule has 2 atom stereocenters. The number of aliphatic hydroxyl groups excluding tert-OH is 1. The van der Waals surface area contributed by atoms with Crippen molar-refractivity contribution in [2.24, 2.45) is 23.7 Å². The Labute approximate surface area is 94.4 Å². The van der Waals surface area contributed by atoms with Crippen LogP contribution in [0.2, 0.25) is 0 Å². The Kier molecular flexibility index (Phi) is 2.96. The van der Waals surface area contributed by atoms with Gasteiger partial charge in [-0.15, -0.1) is 0 Å². The molecule has 0 spiro atoms. The predicted molar refractivity (Wildman–Crippen MR) is 56.6 cm³/mol. The van der Waals surface area contributed by atoms with Crippen molar-refractivity contribution in [1.82, 2.24) is 0 Å². The van der Waals surface area contributed by atoms with Crippen molar-refractivity contribution >= 4 is 15.8 Å². The van der Waals surface area contributed by atoms with Crippen LogP contribution < -0.4 is 0 Å². The first-order chi connectivity index (χ1) is 7.43. The van der Waals surface area contributed by atoms with E-state index in [9.17, 15) is 18.3 Å². The molecular weight excluding hydrogens is 232 g/mol. The molecule has 1 saturated heterocycles. The number of aliphatic hydroxyl groups is 1. The lowest BCUT2D eigenvalue weighted by molar-refractivity contribution is -0.145. The molecule has 0 amide bonds. The summed E-state index contributed by atoms with van der Waals surface area (Å²) >= 11 is 0. The van der Waals surface area contributed by atoms with Crippen LogP contribution in [-0.2, 0) is 14.6 Å². The number of aliphatic carboxylic acids is 1. The smallest absolute Gasteiger partial charge is 0.306 e. The Hall–Kier alpha value is -0.620. The van der Waals surface area contributed by atoms with Gasteiger partial charge in [0.2, 0.25) is 0 Å². The van der Waals surface area contributed by atoms with Gasteiger partial charge in [-0.2, -0.15) is 0 Å². The molecule has 1 aliphatic heterocycles. The number of rotatable bonds is 2. The summed E-state index contributed by atoms with van der Waals surface area (Å²) in [4.78, 5) is 10.9. The molecule has 0 radical (unpaired) electrons. The minimum absolute atomic E-state index is 0.0286. The first kappa shape index (κ1) is 11.9. The maximum atomic E-state index is 11.6. The van der Waals surface area contributed by atoms with Crippen LogP contribution in [0, 0.1) is 23.7 Å². The third-order valence-corrected chi connectivity index (χ3v) is 5.75. The third-order valence-electron chi connectivity index (χ3n) is 3.88. The highest BCUT2D eigenvalue weighted by Crippen LogP contribution is 2.43. The quantitative estimate of drug-likeness (QED) is 0.703. The van der Waals surface area contributed by atoms with Crippen molar-refractivity contribution < 1.29 is 23.4 Å². The van der Waals surface area contributed by atoms with Crippen molar-refractivity contribution in [3.8, 4) is 0 Å². The third kappa shape index (κ3) is 2.08. The summed E-state index contributed by atoms with van der Waals surface area (Å²) in [5.41, 5.74) is 0. The van der Waals surface area contributed by atoms with Crippen LogP contribution in [0.3, 0.4) is 0 Å². The lowest BCUT2D eigenvalue weighted by Crippen LogP contribution is -2.48. The molecule has 2 bridgehead atoms. The lowest BCUT2D eigenvalue weighted by Gasteiger charge is -2.43. The van der Waals surface area contributed by atoms with Crippen LogP contribution in [0.25, 0.3) is 0 Å². The van der Waals surface area contributed by atoms with E-state index in [1.807, 2.05) is 0 Å². The topological polar surface area (TPSA) is 91.7 Å². The van der Waals surface area contributed by atoms with E-state index in [1.54, 1.807) is 0 Å². The molecule has 0 aromatic carbocycles. The summed E-state index contributed by atoms with van der Waals surface area (Å²) in [6.07, 6.45) is 0.770. The number of carboxylic acids is 1. The van der Waals surface area contributed by atoms with Crippen molar-refractivity contribution in [1.29, 1.82) is 0 Å². The van der Waals surface area contributed by atoms with Gasteiger partial charge in [-0.05, 0) is 30.6 Å². The summed E-state index contributed by atoms with van der Waals surface area (Å²) in [6.45, 7) is -0.0306. The average Bonchev–Trinajstić information content (AvgIpc) is 2.13. The van der Waals surface area contributed by atoms with Gasteiger partial charge in [0.25, 0.3) is 0 Å². The van der Waals surface area contributed by atoms with Crippen LogP contribution >= 0.6 is 0 Å². The second kappa shape index (κ2) is 4.00. The highest BCUT2D eigenvalue weighted by atomic mass is 32.2.